The van der Waals surface area contributed by atoms with Crippen molar-refractivity contribution in [3.05, 3.63) is 236 Å². The summed E-state index contributed by atoms with van der Waals surface area (Å²) in [5.41, 5.74) is -8.91. The zero-order valence-corrected chi connectivity index (χ0v) is 34.7. The summed E-state index contributed by atoms with van der Waals surface area (Å²) in [5.74, 6) is -71.1. The van der Waals surface area contributed by atoms with E-state index in [1.165, 1.54) is 33.2 Å². The highest BCUT2D eigenvalue weighted by atomic mass is 19.2. The van der Waals surface area contributed by atoms with Gasteiger partial charge in [0, 0.05) is 11.6 Å². The van der Waals surface area contributed by atoms with Gasteiger partial charge in [-0.3, -0.25) is 0 Å². The molecule has 0 bridgehead atoms. The number of fused-ring (bicyclic) bond motifs is 2. The van der Waals surface area contributed by atoms with Crippen molar-refractivity contribution in [3.63, 3.8) is 0 Å². The van der Waals surface area contributed by atoms with Gasteiger partial charge < -0.3 is 0 Å². The third-order valence-electron chi connectivity index (χ3n) is 12.0. The van der Waals surface area contributed by atoms with E-state index in [1.807, 2.05) is 0 Å². The van der Waals surface area contributed by atoms with Gasteiger partial charge in [0.1, 0.15) is 52.7 Å². The number of rotatable bonds is 7. The topological polar surface area (TPSA) is 3.88 Å². The Hall–Kier alpha value is -7.65. The van der Waals surface area contributed by atoms with E-state index in [9.17, 15) is 52.7 Å². The van der Waals surface area contributed by atoms with Crippen LogP contribution in [0.1, 0.15) is 28.3 Å². The molecule has 0 saturated carbocycles. The van der Waals surface area contributed by atoms with Crippen LogP contribution in [0, 0.1) is 116 Å². The highest BCUT2D eigenvalue weighted by Gasteiger charge is 2.52. The Kier molecular flexibility index (Phi) is 13.0. The number of hydrogen-bond donors (Lipinski definition) is 0. The number of hydrogen-bond acceptors (Lipinski definition) is 0. The zero-order chi connectivity index (χ0) is 51.7. The van der Waals surface area contributed by atoms with E-state index in [-0.39, 0.29) is 0 Å². The van der Waals surface area contributed by atoms with Crippen LogP contribution in [0.25, 0.3) is 16.8 Å². The smallest absolute Gasteiger partial charge is 0.200 e. The van der Waals surface area contributed by atoms with Crippen molar-refractivity contribution in [2.45, 2.75) is 12.5 Å². The van der Waals surface area contributed by atoms with Gasteiger partial charge in [-0.2, -0.15) is 4.57 Å². The number of nitrogens with zero attached hydrogens (tertiary/aromatic N) is 1. The first kappa shape index (κ1) is 49.8. The summed E-state index contributed by atoms with van der Waals surface area (Å²) in [7, 11) is 0. The normalized spacial score (nSPS) is 13.2. The zero-order valence-electron chi connectivity index (χ0n) is 34.7. The Morgan fingerprint density at radius 2 is 0.690 bits per heavy atom. The molecule has 0 saturated heterocycles. The molecule has 0 fully saturated rings. The second-order valence-corrected chi connectivity index (χ2v) is 15.7. The number of halogens is 20. The number of pyridine rings is 1. The standard InChI is InChI=1S/C25H20N.C24BF20/c1-2-8-19(9-3-1)18-26-17-16-21-11-5-7-13-23(21)25(26)24-15-14-20-10-4-6-12-22(20)24;26-5-1(6(27)14(35)21(42)13(5)34)25(2-7(28)15(36)22(43)16(37)8(2)29,3-9(30)17(38)23(44)18(39)10(3)31)4-11(32)19(40)24(45)20(41)12(4)33/h1-17,24H,18H2;/q+1;-1. The van der Waals surface area contributed by atoms with Gasteiger partial charge >= 0.3 is 0 Å². The number of benzene rings is 7. The quantitative estimate of drug-likeness (QED) is 0.0493. The maximum absolute atomic E-state index is 15.4. The van der Waals surface area contributed by atoms with Crippen molar-refractivity contribution in [1.82, 2.24) is 0 Å². The van der Waals surface area contributed by atoms with Gasteiger partial charge in [0.2, 0.25) is 5.69 Å². The van der Waals surface area contributed by atoms with Gasteiger partial charge in [0.15, 0.2) is 82.5 Å². The lowest BCUT2D eigenvalue weighted by Crippen LogP contribution is -2.81. The molecule has 22 heteroatoms. The number of allylic oxidation sites excluding steroid dienone is 1. The average molecular weight is 1010 g/mol. The fourth-order valence-corrected chi connectivity index (χ4v) is 8.91. The monoisotopic (exact) mass is 1010 g/mol. The maximum Gasteiger partial charge on any atom is 0.200 e. The fourth-order valence-electron chi connectivity index (χ4n) is 8.91. The Labute approximate surface area is 385 Å². The molecule has 7 aromatic carbocycles. The minimum absolute atomic E-state index is 0.293. The summed E-state index contributed by atoms with van der Waals surface area (Å²) in [6.07, 6.45) is -0.382. The lowest BCUT2D eigenvalue weighted by molar-refractivity contribution is -0.694. The average Bonchev–Trinajstić information content (AvgIpc) is 3.80. The van der Waals surface area contributed by atoms with E-state index in [2.05, 4.69) is 108 Å². The molecule has 1 aliphatic carbocycles. The molecule has 1 heterocycles. The molecular formula is C49H20BF20N. The van der Waals surface area contributed by atoms with Crippen molar-refractivity contribution in [3.8, 4) is 0 Å². The molecule has 0 amide bonds. The third-order valence-corrected chi connectivity index (χ3v) is 12.0. The summed E-state index contributed by atoms with van der Waals surface area (Å²) in [6.45, 7) is 0.882. The minimum atomic E-state index is -7.22. The molecule has 8 aromatic rings. The highest BCUT2D eigenvalue weighted by molar-refractivity contribution is 7.20. The predicted molar refractivity (Wildman–Crippen MR) is 216 cm³/mol. The molecule has 1 unspecified atom stereocenters. The van der Waals surface area contributed by atoms with E-state index >= 15 is 35.1 Å². The van der Waals surface area contributed by atoms with Gasteiger partial charge in [0.25, 0.3) is 0 Å². The molecule has 364 valence electrons. The van der Waals surface area contributed by atoms with Gasteiger partial charge in [0.05, 0.1) is 11.3 Å². The second kappa shape index (κ2) is 18.6. The molecule has 0 aliphatic heterocycles. The fraction of sp³-hybridized carbons (Fsp3) is 0.0408. The van der Waals surface area contributed by atoms with Crippen molar-refractivity contribution in [2.75, 3.05) is 0 Å². The molecule has 1 nitrogen and oxygen atoms in total. The van der Waals surface area contributed by atoms with Crippen LogP contribution in [-0.2, 0) is 6.54 Å². The minimum Gasteiger partial charge on any atom is -0.207 e. The van der Waals surface area contributed by atoms with E-state index < -0.39 is 144 Å². The van der Waals surface area contributed by atoms with E-state index in [0.717, 1.165) is 6.54 Å². The molecular weight excluding hydrogens is 993 g/mol. The van der Waals surface area contributed by atoms with Crippen LogP contribution in [0.5, 0.6) is 0 Å². The molecule has 0 radical (unpaired) electrons. The lowest BCUT2D eigenvalue weighted by Gasteiger charge is -2.44. The summed E-state index contributed by atoms with van der Waals surface area (Å²) in [6, 6.07) is 30.4. The van der Waals surface area contributed by atoms with Crippen LogP contribution in [0.4, 0.5) is 87.8 Å². The molecule has 9 rings (SSSR count). The van der Waals surface area contributed by atoms with Crippen molar-refractivity contribution in [2.24, 2.45) is 0 Å². The van der Waals surface area contributed by atoms with Crippen LogP contribution in [0.15, 0.2) is 97.2 Å². The summed E-state index contributed by atoms with van der Waals surface area (Å²) in [4.78, 5) is 0. The van der Waals surface area contributed by atoms with Crippen LogP contribution < -0.4 is 26.4 Å². The predicted octanol–water partition coefficient (Wildman–Crippen LogP) is 11.2. The molecule has 71 heavy (non-hydrogen) atoms. The summed E-state index contributed by atoms with van der Waals surface area (Å²) < 4.78 is 296. The van der Waals surface area contributed by atoms with Gasteiger partial charge in [-0.05, 0) is 22.6 Å². The van der Waals surface area contributed by atoms with Crippen LogP contribution in [0.3, 0.4) is 0 Å². The first-order chi connectivity index (χ1) is 33.6. The van der Waals surface area contributed by atoms with Crippen LogP contribution >= 0.6 is 0 Å². The summed E-state index contributed by atoms with van der Waals surface area (Å²) in [5, 5.41) is 2.63. The van der Waals surface area contributed by atoms with E-state index in [1.54, 1.807) is 0 Å². The highest BCUT2D eigenvalue weighted by Crippen LogP contribution is 2.37. The van der Waals surface area contributed by atoms with Crippen LogP contribution in [-0.4, -0.2) is 6.15 Å². The third kappa shape index (κ3) is 7.65. The maximum atomic E-state index is 15.4. The van der Waals surface area contributed by atoms with E-state index in [4.69, 9.17) is 0 Å². The molecule has 1 aliphatic rings. The molecule has 1 aromatic heterocycles. The Bertz CT molecular complexity index is 3150. The van der Waals surface area contributed by atoms with E-state index in [0.29, 0.717) is 5.92 Å². The van der Waals surface area contributed by atoms with Crippen molar-refractivity contribution >= 4 is 44.8 Å². The second-order valence-electron chi connectivity index (χ2n) is 15.7. The SMILES string of the molecule is C1=CC(c2c3ccccc3cc[n+]2Cc2ccccc2)c2ccccc21.Fc1c(F)c(F)c([B-](c2c(F)c(F)c(F)c(F)c2F)(c2c(F)c(F)c(F)c(F)c2F)c2c(F)c(F)c(F)c(F)c2F)c(F)c1F. The van der Waals surface area contributed by atoms with Crippen LogP contribution in [0.2, 0.25) is 0 Å². The van der Waals surface area contributed by atoms with Crippen molar-refractivity contribution < 1.29 is 92.4 Å². The largest absolute Gasteiger partial charge is 0.207 e. The Balaban J connectivity index is 0.000000218. The van der Waals surface area contributed by atoms with Crippen molar-refractivity contribution in [1.29, 1.82) is 0 Å². The van der Waals surface area contributed by atoms with Gasteiger partial charge in [-0.15, -0.1) is 21.9 Å². The Morgan fingerprint density at radius 3 is 1.10 bits per heavy atom. The molecule has 0 N–H and O–H groups in total. The number of aromatic nitrogens is 1. The lowest BCUT2D eigenvalue weighted by atomic mass is 9.12. The summed E-state index contributed by atoms with van der Waals surface area (Å²) >= 11 is 0. The molecule has 1 atom stereocenters. The first-order valence-corrected chi connectivity index (χ1v) is 20.1. The van der Waals surface area contributed by atoms with Gasteiger partial charge in [-0.1, -0.05) is 84.9 Å². The molecule has 0 spiro atoms. The van der Waals surface area contributed by atoms with Gasteiger partial charge in [-0.25, -0.2) is 87.8 Å². The first-order valence-electron chi connectivity index (χ1n) is 20.1. The Morgan fingerprint density at radius 1 is 0.352 bits per heavy atom.